The molecule has 1 aliphatic carbocycles. The van der Waals surface area contributed by atoms with Crippen LogP contribution >= 0.6 is 11.8 Å². The highest BCUT2D eigenvalue weighted by Crippen LogP contribution is 2.51. The monoisotopic (exact) mass is 465 g/mol. The van der Waals surface area contributed by atoms with Crippen LogP contribution in [-0.4, -0.2) is 47.0 Å². The van der Waals surface area contributed by atoms with E-state index in [1.165, 1.54) is 25.9 Å². The second kappa shape index (κ2) is 9.74. The molecule has 1 saturated heterocycles. The van der Waals surface area contributed by atoms with Crippen LogP contribution in [0.25, 0.3) is 0 Å². The maximum atomic E-state index is 9.95. The molecule has 5 nitrogen and oxygen atoms in total. The van der Waals surface area contributed by atoms with Crippen LogP contribution < -0.4 is 4.74 Å². The van der Waals surface area contributed by atoms with Crippen LogP contribution in [0.3, 0.4) is 0 Å². The molecule has 2 aromatic carbocycles. The van der Waals surface area contributed by atoms with Gasteiger partial charge in [-0.05, 0) is 87.3 Å². The Hall–Kier alpha value is -2.57. The molecule has 5 rings (SSSR count). The van der Waals surface area contributed by atoms with Gasteiger partial charge in [0.1, 0.15) is 35.7 Å². The van der Waals surface area contributed by atoms with Crippen LogP contribution in [0.15, 0.2) is 71.3 Å². The largest absolute Gasteiger partial charge is 0.508 e. The summed E-state index contributed by atoms with van der Waals surface area (Å²) in [6, 6.07) is 13.0. The van der Waals surface area contributed by atoms with E-state index in [-0.39, 0.29) is 28.8 Å². The number of likely N-dealkylation sites (tertiary alicyclic amines) is 1. The fourth-order valence-corrected chi connectivity index (χ4v) is 6.18. The lowest BCUT2D eigenvalue weighted by atomic mass is 9.89. The van der Waals surface area contributed by atoms with Gasteiger partial charge in [0.2, 0.25) is 0 Å². The van der Waals surface area contributed by atoms with Crippen molar-refractivity contribution < 1.29 is 19.7 Å². The standard InChI is InChI=1S/C27H31NO4S/c1-18(28-14-2-3-15-28)17-31-23-11-6-19(7-12-23)26-27(20-4-8-21(29)9-5-20)33-25-16-22(30)10-13-24(25)32-26/h4-6,8-13,16,18-19,26-27,29-30H,2-3,7,14-15,17H2,1H3/t18-,19?,26-,27+/m0/s1. The van der Waals surface area contributed by atoms with Gasteiger partial charge >= 0.3 is 0 Å². The summed E-state index contributed by atoms with van der Waals surface area (Å²) in [4.78, 5) is 3.43. The number of nitrogens with zero attached hydrogens (tertiary/aromatic N) is 1. The average molecular weight is 466 g/mol. The number of ether oxygens (including phenoxy) is 2. The molecular weight excluding hydrogens is 434 g/mol. The number of rotatable bonds is 6. The van der Waals surface area contributed by atoms with Gasteiger partial charge < -0.3 is 19.7 Å². The third kappa shape index (κ3) is 5.02. The van der Waals surface area contributed by atoms with Crippen LogP contribution in [0.5, 0.6) is 17.2 Å². The van der Waals surface area contributed by atoms with Gasteiger partial charge in [-0.3, -0.25) is 4.90 Å². The lowest BCUT2D eigenvalue weighted by Crippen LogP contribution is -2.35. The summed E-state index contributed by atoms with van der Waals surface area (Å²) in [6.45, 7) is 5.31. The minimum atomic E-state index is -0.0749. The smallest absolute Gasteiger partial charge is 0.133 e. The van der Waals surface area contributed by atoms with Crippen LogP contribution in [0.4, 0.5) is 0 Å². The fourth-order valence-electron chi connectivity index (χ4n) is 4.80. The Morgan fingerprint density at radius 3 is 2.58 bits per heavy atom. The molecule has 2 N–H and O–H groups in total. The third-order valence-electron chi connectivity index (χ3n) is 6.74. The molecule has 1 unspecified atom stereocenters. The molecule has 0 amide bonds. The molecule has 174 valence electrons. The second-order valence-corrected chi connectivity index (χ2v) is 10.3. The summed E-state index contributed by atoms with van der Waals surface area (Å²) in [5.74, 6) is 2.42. The van der Waals surface area contributed by atoms with Crippen LogP contribution in [0.2, 0.25) is 0 Å². The molecule has 6 heteroatoms. The highest BCUT2D eigenvalue weighted by molar-refractivity contribution is 7.99. The molecule has 2 aromatic rings. The molecule has 0 bridgehead atoms. The number of benzene rings is 2. The molecular formula is C27H31NO4S. The zero-order chi connectivity index (χ0) is 22.8. The first-order chi connectivity index (χ1) is 16.1. The number of hydrogen-bond donors (Lipinski definition) is 2. The van der Waals surface area contributed by atoms with E-state index in [2.05, 4.69) is 30.1 Å². The lowest BCUT2D eigenvalue weighted by molar-refractivity contribution is 0.122. The lowest BCUT2D eigenvalue weighted by Gasteiger charge is -2.37. The van der Waals surface area contributed by atoms with E-state index in [0.29, 0.717) is 12.6 Å². The van der Waals surface area contributed by atoms with Crippen molar-refractivity contribution in [1.29, 1.82) is 0 Å². The normalized spacial score (nSPS) is 25.7. The Balaban J connectivity index is 1.29. The highest BCUT2D eigenvalue weighted by atomic mass is 32.2. The predicted octanol–water partition coefficient (Wildman–Crippen LogP) is 5.65. The first-order valence-electron chi connectivity index (χ1n) is 11.8. The van der Waals surface area contributed by atoms with Crippen molar-refractivity contribution in [2.24, 2.45) is 5.92 Å². The Labute approximate surface area is 199 Å². The molecule has 4 atom stereocenters. The second-order valence-electron chi connectivity index (χ2n) is 9.11. The van der Waals surface area contributed by atoms with Crippen LogP contribution in [0, 0.1) is 5.92 Å². The molecule has 0 spiro atoms. The van der Waals surface area contributed by atoms with Crippen molar-refractivity contribution in [3.63, 3.8) is 0 Å². The van der Waals surface area contributed by atoms with Crippen molar-refractivity contribution >= 4 is 11.8 Å². The fraction of sp³-hybridized carbons (Fsp3) is 0.407. The van der Waals surface area contributed by atoms with E-state index < -0.39 is 0 Å². The van der Waals surface area contributed by atoms with Gasteiger partial charge in [0.15, 0.2) is 0 Å². The molecule has 33 heavy (non-hydrogen) atoms. The van der Waals surface area contributed by atoms with Gasteiger partial charge in [0.25, 0.3) is 0 Å². The maximum Gasteiger partial charge on any atom is 0.133 e. The summed E-state index contributed by atoms with van der Waals surface area (Å²) < 4.78 is 12.6. The van der Waals surface area contributed by atoms with Gasteiger partial charge in [0, 0.05) is 12.0 Å². The summed E-state index contributed by atoms with van der Waals surface area (Å²) in [7, 11) is 0. The van der Waals surface area contributed by atoms with Gasteiger partial charge in [-0.15, -0.1) is 11.8 Å². The number of phenolic OH excluding ortho intramolecular Hbond substituents is 2. The molecule has 2 aliphatic heterocycles. The zero-order valence-electron chi connectivity index (χ0n) is 18.9. The number of fused-ring (bicyclic) bond motifs is 1. The Kier molecular flexibility index (Phi) is 6.56. The summed E-state index contributed by atoms with van der Waals surface area (Å²) in [5.41, 5.74) is 1.09. The van der Waals surface area contributed by atoms with Crippen molar-refractivity contribution in [2.45, 2.75) is 48.5 Å². The Bertz CT molecular complexity index is 1030. The molecule has 0 saturated carbocycles. The Morgan fingerprint density at radius 1 is 1.09 bits per heavy atom. The quantitative estimate of drug-likeness (QED) is 0.575. The number of hydrogen-bond acceptors (Lipinski definition) is 6. The summed E-state index contributed by atoms with van der Waals surface area (Å²) in [5, 5.41) is 19.7. The highest BCUT2D eigenvalue weighted by Gasteiger charge is 2.37. The van der Waals surface area contributed by atoms with E-state index in [0.717, 1.165) is 28.4 Å². The number of phenols is 2. The minimum Gasteiger partial charge on any atom is -0.508 e. The maximum absolute atomic E-state index is 9.95. The van der Waals surface area contributed by atoms with Crippen LogP contribution in [-0.2, 0) is 4.74 Å². The van der Waals surface area contributed by atoms with Gasteiger partial charge in [-0.25, -0.2) is 0 Å². The van der Waals surface area contributed by atoms with Crippen molar-refractivity contribution in [1.82, 2.24) is 4.90 Å². The van der Waals surface area contributed by atoms with Gasteiger partial charge in [0.05, 0.1) is 10.1 Å². The molecule has 0 aromatic heterocycles. The van der Waals surface area contributed by atoms with E-state index in [9.17, 15) is 10.2 Å². The van der Waals surface area contributed by atoms with Crippen molar-refractivity contribution in [2.75, 3.05) is 19.7 Å². The van der Waals surface area contributed by atoms with Gasteiger partial charge in [-0.1, -0.05) is 18.2 Å². The van der Waals surface area contributed by atoms with Crippen molar-refractivity contribution in [3.8, 4) is 17.2 Å². The molecule has 1 fully saturated rings. The zero-order valence-corrected chi connectivity index (χ0v) is 19.7. The summed E-state index contributed by atoms with van der Waals surface area (Å²) >= 11 is 1.70. The summed E-state index contributed by atoms with van der Waals surface area (Å²) in [6.07, 6.45) is 9.82. The van der Waals surface area contributed by atoms with Crippen molar-refractivity contribution in [3.05, 3.63) is 72.0 Å². The van der Waals surface area contributed by atoms with E-state index in [1.807, 2.05) is 18.2 Å². The van der Waals surface area contributed by atoms with E-state index in [4.69, 9.17) is 9.47 Å². The first kappa shape index (κ1) is 22.2. The predicted molar refractivity (Wildman–Crippen MR) is 131 cm³/mol. The van der Waals surface area contributed by atoms with Gasteiger partial charge in [-0.2, -0.15) is 0 Å². The number of aromatic hydroxyl groups is 2. The molecule has 3 aliphatic rings. The molecule has 2 heterocycles. The van der Waals surface area contributed by atoms with E-state index >= 15 is 0 Å². The first-order valence-corrected chi connectivity index (χ1v) is 12.7. The minimum absolute atomic E-state index is 0.0422. The van der Waals surface area contributed by atoms with E-state index in [1.54, 1.807) is 36.0 Å². The average Bonchev–Trinajstić information content (AvgIpc) is 3.38. The SMILES string of the molecule is C[C@@H](COC1=CCC([C@@H]2Oc3ccc(O)cc3S[C@@H]2c2ccc(O)cc2)C=C1)N1CCCC1. The Morgan fingerprint density at radius 2 is 1.85 bits per heavy atom. The molecule has 0 radical (unpaired) electrons. The third-order valence-corrected chi connectivity index (χ3v) is 8.11. The van der Waals surface area contributed by atoms with Crippen LogP contribution in [0.1, 0.15) is 37.0 Å². The topological polar surface area (TPSA) is 62.2 Å². The number of thioether (sulfide) groups is 1. The number of allylic oxidation sites excluding steroid dienone is 2.